The van der Waals surface area contributed by atoms with E-state index in [-0.39, 0.29) is 0 Å². The van der Waals surface area contributed by atoms with Crippen LogP contribution in [0.3, 0.4) is 0 Å². The molecule has 0 saturated carbocycles. The third kappa shape index (κ3) is 3.09. The number of nitrogens with two attached hydrogens (primary N) is 1. The lowest BCUT2D eigenvalue weighted by Gasteiger charge is -2.25. The summed E-state index contributed by atoms with van der Waals surface area (Å²) in [5, 5.41) is 0. The van der Waals surface area contributed by atoms with Gasteiger partial charge in [-0.15, -0.1) is 0 Å². The van der Waals surface area contributed by atoms with Gasteiger partial charge in [-0.05, 0) is 12.1 Å². The molecule has 82 valence electrons. The molecule has 0 spiro atoms. The van der Waals surface area contributed by atoms with Gasteiger partial charge in [-0.25, -0.2) is 10.8 Å². The van der Waals surface area contributed by atoms with Crippen LogP contribution >= 0.6 is 11.8 Å². The molecule has 1 aliphatic rings. The molecule has 1 aliphatic heterocycles. The summed E-state index contributed by atoms with van der Waals surface area (Å²) in [6.07, 6.45) is 0. The molecule has 0 atom stereocenters. The summed E-state index contributed by atoms with van der Waals surface area (Å²) in [4.78, 5) is 6.83. The highest BCUT2D eigenvalue weighted by molar-refractivity contribution is 7.99. The number of thioether (sulfide) groups is 1. The SMILES string of the molecule is NNc1cccc(CN2CCSCC2)n1. The van der Waals surface area contributed by atoms with Gasteiger partial charge in [0.05, 0.1) is 5.69 Å². The molecule has 5 heteroatoms. The summed E-state index contributed by atoms with van der Waals surface area (Å²) in [5.74, 6) is 8.52. The molecule has 2 heterocycles. The molecule has 0 bridgehead atoms. The Bertz CT molecular complexity index is 312. The number of pyridine rings is 1. The largest absolute Gasteiger partial charge is 0.308 e. The van der Waals surface area contributed by atoms with Crippen molar-refractivity contribution in [2.75, 3.05) is 30.0 Å². The molecule has 0 aliphatic carbocycles. The van der Waals surface area contributed by atoms with E-state index in [9.17, 15) is 0 Å². The molecule has 0 amide bonds. The van der Waals surface area contributed by atoms with Crippen molar-refractivity contribution in [1.29, 1.82) is 0 Å². The monoisotopic (exact) mass is 224 g/mol. The van der Waals surface area contributed by atoms with Crippen molar-refractivity contribution >= 4 is 17.6 Å². The van der Waals surface area contributed by atoms with Crippen LogP contribution in [-0.4, -0.2) is 34.5 Å². The van der Waals surface area contributed by atoms with E-state index in [4.69, 9.17) is 5.84 Å². The Morgan fingerprint density at radius 3 is 2.93 bits per heavy atom. The average molecular weight is 224 g/mol. The number of hydrogen-bond acceptors (Lipinski definition) is 5. The Hall–Kier alpha value is -0.780. The van der Waals surface area contributed by atoms with Gasteiger partial charge in [0.1, 0.15) is 5.82 Å². The highest BCUT2D eigenvalue weighted by atomic mass is 32.2. The number of nitrogens with one attached hydrogen (secondary N) is 1. The second-order valence-corrected chi connectivity index (χ2v) is 4.77. The standard InChI is InChI=1S/C10H16N4S/c11-13-10-3-1-2-9(12-10)8-14-4-6-15-7-5-14/h1-3H,4-8,11H2,(H,12,13). The lowest BCUT2D eigenvalue weighted by molar-refractivity contribution is 0.291. The van der Waals surface area contributed by atoms with Crippen LogP contribution in [0.15, 0.2) is 18.2 Å². The number of hydrogen-bond donors (Lipinski definition) is 2. The summed E-state index contributed by atoms with van der Waals surface area (Å²) in [7, 11) is 0. The second-order valence-electron chi connectivity index (χ2n) is 3.55. The number of nitrogen functional groups attached to an aromatic ring is 1. The molecule has 3 N–H and O–H groups in total. The van der Waals surface area contributed by atoms with E-state index in [1.165, 1.54) is 11.5 Å². The van der Waals surface area contributed by atoms with Crippen molar-refractivity contribution in [2.45, 2.75) is 6.54 Å². The first kappa shape index (κ1) is 10.7. The maximum absolute atomic E-state index is 5.32. The van der Waals surface area contributed by atoms with Crippen LogP contribution in [0.1, 0.15) is 5.69 Å². The minimum absolute atomic E-state index is 0.735. The van der Waals surface area contributed by atoms with E-state index in [1.807, 2.05) is 30.0 Å². The zero-order valence-electron chi connectivity index (χ0n) is 8.65. The highest BCUT2D eigenvalue weighted by Gasteiger charge is 2.11. The van der Waals surface area contributed by atoms with Gasteiger partial charge in [0, 0.05) is 31.1 Å². The lowest BCUT2D eigenvalue weighted by atomic mass is 10.3. The predicted molar refractivity (Wildman–Crippen MR) is 64.6 cm³/mol. The maximum atomic E-state index is 5.32. The van der Waals surface area contributed by atoms with Crippen LogP contribution in [-0.2, 0) is 6.54 Å². The van der Waals surface area contributed by atoms with Crippen LogP contribution in [0.5, 0.6) is 0 Å². The summed E-state index contributed by atoms with van der Waals surface area (Å²) in [6, 6.07) is 5.90. The van der Waals surface area contributed by atoms with Crippen LogP contribution < -0.4 is 11.3 Å². The number of anilines is 1. The van der Waals surface area contributed by atoms with Crippen molar-refractivity contribution in [3.05, 3.63) is 23.9 Å². The van der Waals surface area contributed by atoms with Gasteiger partial charge in [-0.3, -0.25) is 4.90 Å². The number of hydrazine groups is 1. The summed E-state index contributed by atoms with van der Waals surface area (Å²) in [5.41, 5.74) is 3.65. The van der Waals surface area contributed by atoms with Crippen LogP contribution in [0.2, 0.25) is 0 Å². The number of rotatable bonds is 3. The molecular formula is C10H16N4S. The summed E-state index contributed by atoms with van der Waals surface area (Å²) >= 11 is 2.02. The fraction of sp³-hybridized carbons (Fsp3) is 0.500. The quantitative estimate of drug-likeness (QED) is 0.590. The first-order valence-corrected chi connectivity index (χ1v) is 6.26. The Balaban J connectivity index is 1.96. The molecule has 0 aromatic carbocycles. The minimum atomic E-state index is 0.735. The Morgan fingerprint density at radius 2 is 2.20 bits per heavy atom. The van der Waals surface area contributed by atoms with Gasteiger partial charge in [-0.2, -0.15) is 11.8 Å². The zero-order valence-corrected chi connectivity index (χ0v) is 9.46. The van der Waals surface area contributed by atoms with Crippen LogP contribution in [0.25, 0.3) is 0 Å². The van der Waals surface area contributed by atoms with Crippen molar-refractivity contribution < 1.29 is 0 Å². The Morgan fingerprint density at radius 1 is 1.40 bits per heavy atom. The van der Waals surface area contributed by atoms with E-state index in [0.717, 1.165) is 31.1 Å². The number of aromatic nitrogens is 1. The van der Waals surface area contributed by atoms with E-state index in [0.29, 0.717) is 0 Å². The molecule has 0 unspecified atom stereocenters. The lowest BCUT2D eigenvalue weighted by Crippen LogP contribution is -2.32. The van der Waals surface area contributed by atoms with Crippen molar-refractivity contribution in [3.63, 3.8) is 0 Å². The first-order chi connectivity index (χ1) is 7.38. The van der Waals surface area contributed by atoms with Gasteiger partial charge >= 0.3 is 0 Å². The van der Waals surface area contributed by atoms with Crippen molar-refractivity contribution in [1.82, 2.24) is 9.88 Å². The van der Waals surface area contributed by atoms with Crippen LogP contribution in [0, 0.1) is 0 Å². The average Bonchev–Trinajstić information content (AvgIpc) is 2.31. The van der Waals surface area contributed by atoms with Gasteiger partial charge in [0.25, 0.3) is 0 Å². The summed E-state index contributed by atoms with van der Waals surface area (Å²) in [6.45, 7) is 3.25. The Labute approximate surface area is 94.2 Å². The zero-order chi connectivity index (χ0) is 10.5. The third-order valence-electron chi connectivity index (χ3n) is 2.44. The van der Waals surface area contributed by atoms with Crippen LogP contribution in [0.4, 0.5) is 5.82 Å². The summed E-state index contributed by atoms with van der Waals surface area (Å²) < 4.78 is 0. The molecule has 1 aromatic rings. The fourth-order valence-electron chi connectivity index (χ4n) is 1.64. The van der Waals surface area contributed by atoms with Crippen molar-refractivity contribution in [2.24, 2.45) is 5.84 Å². The normalized spacial score (nSPS) is 17.7. The van der Waals surface area contributed by atoms with Crippen molar-refractivity contribution in [3.8, 4) is 0 Å². The molecule has 1 saturated heterocycles. The molecule has 2 rings (SSSR count). The Kier molecular flexibility index (Phi) is 3.82. The number of nitrogens with zero attached hydrogens (tertiary/aromatic N) is 2. The van der Waals surface area contributed by atoms with Gasteiger partial charge in [-0.1, -0.05) is 6.07 Å². The molecule has 1 fully saturated rings. The van der Waals surface area contributed by atoms with Gasteiger partial charge < -0.3 is 5.43 Å². The van der Waals surface area contributed by atoms with Gasteiger partial charge in [0.2, 0.25) is 0 Å². The molecule has 15 heavy (non-hydrogen) atoms. The molecule has 0 radical (unpaired) electrons. The maximum Gasteiger partial charge on any atom is 0.140 e. The minimum Gasteiger partial charge on any atom is -0.308 e. The second kappa shape index (κ2) is 5.34. The highest BCUT2D eigenvalue weighted by Crippen LogP contribution is 2.12. The van der Waals surface area contributed by atoms with E-state index in [2.05, 4.69) is 15.3 Å². The molecule has 4 nitrogen and oxygen atoms in total. The van der Waals surface area contributed by atoms with E-state index >= 15 is 0 Å². The predicted octanol–water partition coefficient (Wildman–Crippen LogP) is 0.916. The van der Waals surface area contributed by atoms with Gasteiger partial charge in [0.15, 0.2) is 0 Å². The third-order valence-corrected chi connectivity index (χ3v) is 3.39. The smallest absolute Gasteiger partial charge is 0.140 e. The molecular weight excluding hydrogens is 208 g/mol. The van der Waals surface area contributed by atoms with E-state index in [1.54, 1.807) is 0 Å². The van der Waals surface area contributed by atoms with E-state index < -0.39 is 0 Å². The topological polar surface area (TPSA) is 54.2 Å². The molecule has 1 aromatic heterocycles. The first-order valence-electron chi connectivity index (χ1n) is 5.11. The fourth-order valence-corrected chi connectivity index (χ4v) is 2.62.